The average molecular weight is 1020 g/mol. The Balaban J connectivity index is 0.855. The van der Waals surface area contributed by atoms with Crippen LogP contribution in [0.5, 0.6) is 0 Å². The summed E-state index contributed by atoms with van der Waals surface area (Å²) < 4.78 is 62.4. The molecular weight excluding hydrogens is 933 g/mol. The van der Waals surface area contributed by atoms with Gasteiger partial charge in [-0.25, -0.2) is 0 Å². The Morgan fingerprint density at radius 2 is 1.20 bits per heavy atom. The Labute approximate surface area is 415 Å². The van der Waals surface area contributed by atoms with Crippen LogP contribution in [0.3, 0.4) is 0 Å². The van der Waals surface area contributed by atoms with Gasteiger partial charge in [0, 0.05) is 12.3 Å². The van der Waals surface area contributed by atoms with Gasteiger partial charge in [0.25, 0.3) is 0 Å². The highest BCUT2D eigenvalue weighted by atomic mass is 16.8. The number of fused-ring (bicyclic) bond motifs is 7. The lowest BCUT2D eigenvalue weighted by atomic mass is 9.47. The van der Waals surface area contributed by atoms with Gasteiger partial charge in [-0.15, -0.1) is 0 Å². The molecular formula is C51H82O20. The van der Waals surface area contributed by atoms with Crippen LogP contribution in [0.1, 0.15) is 106 Å². The van der Waals surface area contributed by atoms with E-state index >= 15 is 0 Å². The molecule has 10 N–H and O–H groups in total. The third-order valence-corrected chi connectivity index (χ3v) is 19.7. The zero-order valence-corrected chi connectivity index (χ0v) is 42.1. The minimum absolute atomic E-state index is 0.0663. The molecule has 406 valence electrons. The van der Waals surface area contributed by atoms with E-state index in [0.29, 0.717) is 48.3 Å². The van der Waals surface area contributed by atoms with Crippen molar-refractivity contribution in [1.82, 2.24) is 0 Å². The summed E-state index contributed by atoms with van der Waals surface area (Å²) in [5, 5.41) is 109. The predicted molar refractivity (Wildman–Crippen MR) is 244 cm³/mol. The fraction of sp³-hybridized carbons (Fsp3) is 0.961. The van der Waals surface area contributed by atoms with Gasteiger partial charge in [0.2, 0.25) is 0 Å². The standard InChI is InChI=1S/C51H82O20/c1-20-10-15-51(62-19-20)21(2)32-30(71-51)17-29-27-9-8-25-16-26(11-13-49(25,6)28(27)12-14-50(29,32)7)66-48-44(41(61)43(31(18-52)67-48)69-46-39(59)36(56)34(54)23(4)64-46)70-47-40(60)37(57)42(24(5)65-47)68-45-38(58)35(55)33(53)22(3)63-45/h8,20-24,26-48,52-61H,9-19H2,1-7H3/t20-,21+,22+,23+,24+,26+,27?,28?,29?,30?,31-,32?,33+,34+,35-,36-,37+,38-,39-,40-,41+,42+,43-,44-,45+,46+,47+,48-,49+,50+,51-/m1/s1. The van der Waals surface area contributed by atoms with Crippen LogP contribution < -0.4 is 0 Å². The van der Waals surface area contributed by atoms with Crippen LogP contribution in [0.2, 0.25) is 0 Å². The number of aliphatic hydroxyl groups is 10. The van der Waals surface area contributed by atoms with Gasteiger partial charge in [0.15, 0.2) is 30.9 Å². The van der Waals surface area contributed by atoms with Crippen molar-refractivity contribution in [3.63, 3.8) is 0 Å². The first-order chi connectivity index (χ1) is 33.6. The van der Waals surface area contributed by atoms with Crippen molar-refractivity contribution in [1.29, 1.82) is 0 Å². The fourth-order valence-corrected chi connectivity index (χ4v) is 15.4. The molecule has 10 rings (SSSR count). The molecule has 10 aliphatic rings. The van der Waals surface area contributed by atoms with E-state index < -0.39 is 141 Å². The first-order valence-corrected chi connectivity index (χ1v) is 26.6. The SMILES string of the molecule is C[C@@H]1CC[C@@]2(OC1)OC1CC3C4CC=C5C[C@@H](O[C@@H]6O[C@H](CO)[C@@H](O[C@@H]7O[C@@H](C)[C@H](O)[C@@H](O)[C@H]7O)[C@H](O)[C@H]6O[C@@H]6O[C@@H](C)[C@H](O[C@@H]7O[C@@H](C)[C@H](O)[C@@H](O)[C@H]7O)[C@@H](O)[C@H]6O)CC[C@]5(C)C4CC[C@]3(C)C1[C@@H]2C. The van der Waals surface area contributed by atoms with Crippen LogP contribution in [-0.2, 0) is 47.4 Å². The molecule has 71 heavy (non-hydrogen) atoms. The summed E-state index contributed by atoms with van der Waals surface area (Å²) in [6, 6.07) is 0. The van der Waals surface area contributed by atoms with Crippen LogP contribution in [0.15, 0.2) is 11.6 Å². The normalized spacial score (nSPS) is 58.4. The van der Waals surface area contributed by atoms with Crippen LogP contribution in [0, 0.1) is 46.3 Å². The summed E-state index contributed by atoms with van der Waals surface area (Å²) in [7, 11) is 0. The van der Waals surface area contributed by atoms with E-state index in [4.69, 9.17) is 47.4 Å². The minimum Gasteiger partial charge on any atom is -0.394 e. The smallest absolute Gasteiger partial charge is 0.187 e. The van der Waals surface area contributed by atoms with Crippen molar-refractivity contribution in [3.05, 3.63) is 11.6 Å². The summed E-state index contributed by atoms with van der Waals surface area (Å²) in [6.07, 6.45) is -19.0. The van der Waals surface area contributed by atoms with Crippen molar-refractivity contribution >= 4 is 0 Å². The number of rotatable bonds is 9. The molecule has 20 heteroatoms. The quantitative estimate of drug-likeness (QED) is 0.137. The second kappa shape index (κ2) is 20.1. The lowest BCUT2D eigenvalue weighted by molar-refractivity contribution is -0.395. The summed E-state index contributed by atoms with van der Waals surface area (Å²) in [4.78, 5) is 0. The highest BCUT2D eigenvalue weighted by molar-refractivity contribution is 5.26. The Kier molecular flexibility index (Phi) is 15.1. The third-order valence-electron chi connectivity index (χ3n) is 19.7. The second-order valence-electron chi connectivity index (χ2n) is 23.8. The molecule has 6 aliphatic heterocycles. The van der Waals surface area contributed by atoms with Gasteiger partial charge in [-0.05, 0) is 113 Å². The zero-order chi connectivity index (χ0) is 50.8. The Morgan fingerprint density at radius 3 is 1.82 bits per heavy atom. The van der Waals surface area contributed by atoms with Gasteiger partial charge in [0.05, 0.1) is 43.7 Å². The van der Waals surface area contributed by atoms with E-state index in [2.05, 4.69) is 33.8 Å². The molecule has 0 radical (unpaired) electrons. The monoisotopic (exact) mass is 1010 g/mol. The molecule has 6 heterocycles. The topological polar surface area (TPSA) is 295 Å². The number of hydrogen-bond donors (Lipinski definition) is 10. The maximum atomic E-state index is 12.2. The van der Waals surface area contributed by atoms with E-state index in [1.807, 2.05) is 0 Å². The maximum Gasteiger partial charge on any atom is 0.187 e. The van der Waals surface area contributed by atoms with Gasteiger partial charge in [-0.2, -0.15) is 0 Å². The van der Waals surface area contributed by atoms with Gasteiger partial charge in [-0.3, -0.25) is 0 Å². The summed E-state index contributed by atoms with van der Waals surface area (Å²) in [5.74, 6) is 2.43. The molecule has 9 fully saturated rings. The Hall–Kier alpha value is -1.06. The number of aliphatic hydroxyl groups excluding tert-OH is 10. The second-order valence-corrected chi connectivity index (χ2v) is 23.8. The van der Waals surface area contributed by atoms with Crippen molar-refractivity contribution < 1.29 is 98.4 Å². The van der Waals surface area contributed by atoms with E-state index in [1.54, 1.807) is 0 Å². The van der Waals surface area contributed by atoms with Crippen molar-refractivity contribution in [2.45, 2.75) is 247 Å². The molecule has 6 saturated heterocycles. The molecule has 0 aromatic heterocycles. The number of allylic oxidation sites excluding steroid dienone is 1. The lowest BCUT2D eigenvalue weighted by Crippen LogP contribution is -2.67. The first kappa shape index (κ1) is 53.3. The Morgan fingerprint density at radius 1 is 0.592 bits per heavy atom. The average Bonchev–Trinajstić information content (AvgIpc) is 3.79. The molecule has 4 aliphatic carbocycles. The predicted octanol–water partition coefficient (Wildman–Crippen LogP) is 0.0935. The third kappa shape index (κ3) is 9.03. The molecule has 31 atom stereocenters. The van der Waals surface area contributed by atoms with Crippen LogP contribution in [0.25, 0.3) is 0 Å². The van der Waals surface area contributed by atoms with Crippen molar-refractivity contribution in [2.24, 2.45) is 46.3 Å². The van der Waals surface area contributed by atoms with Crippen LogP contribution in [0.4, 0.5) is 0 Å². The minimum atomic E-state index is -1.85. The highest BCUT2D eigenvalue weighted by Crippen LogP contribution is 2.71. The lowest BCUT2D eigenvalue weighted by Gasteiger charge is -2.59. The van der Waals surface area contributed by atoms with Gasteiger partial charge >= 0.3 is 0 Å². The van der Waals surface area contributed by atoms with Gasteiger partial charge in [0.1, 0.15) is 79.4 Å². The highest BCUT2D eigenvalue weighted by Gasteiger charge is 2.69. The van der Waals surface area contributed by atoms with Gasteiger partial charge in [-0.1, -0.05) is 39.3 Å². The van der Waals surface area contributed by atoms with Crippen molar-refractivity contribution in [2.75, 3.05) is 13.2 Å². The number of ether oxygens (including phenoxy) is 10. The summed E-state index contributed by atoms with van der Waals surface area (Å²) >= 11 is 0. The fourth-order valence-electron chi connectivity index (χ4n) is 15.4. The molecule has 1 spiro atoms. The summed E-state index contributed by atoms with van der Waals surface area (Å²) in [6.45, 7) is 14.1. The Bertz CT molecular complexity index is 1890. The largest absolute Gasteiger partial charge is 0.394 e. The molecule has 3 saturated carbocycles. The molecule has 0 amide bonds. The van der Waals surface area contributed by atoms with E-state index in [1.165, 1.54) is 26.3 Å². The van der Waals surface area contributed by atoms with E-state index in [-0.39, 0.29) is 16.9 Å². The van der Waals surface area contributed by atoms with E-state index in [9.17, 15) is 51.1 Å². The van der Waals surface area contributed by atoms with Gasteiger partial charge < -0.3 is 98.4 Å². The molecule has 0 bridgehead atoms. The summed E-state index contributed by atoms with van der Waals surface area (Å²) in [5.41, 5.74) is 1.41. The van der Waals surface area contributed by atoms with Crippen LogP contribution >= 0.6 is 0 Å². The number of hydrogen-bond acceptors (Lipinski definition) is 20. The van der Waals surface area contributed by atoms with Crippen molar-refractivity contribution in [3.8, 4) is 0 Å². The maximum absolute atomic E-state index is 12.2. The zero-order valence-electron chi connectivity index (χ0n) is 42.1. The molecule has 5 unspecified atom stereocenters. The first-order valence-electron chi connectivity index (χ1n) is 26.6. The van der Waals surface area contributed by atoms with E-state index in [0.717, 1.165) is 51.6 Å². The molecule has 20 nitrogen and oxygen atoms in total. The van der Waals surface area contributed by atoms with Crippen LogP contribution in [-0.4, -0.2) is 205 Å². The molecule has 0 aromatic carbocycles. The molecule has 0 aromatic rings.